The zero-order valence-electron chi connectivity index (χ0n) is 17.4. The van der Waals surface area contributed by atoms with E-state index in [1.54, 1.807) is 6.92 Å². The number of halogens is 1. The molecule has 0 amide bonds. The molecular formula is C22H27ClN2O4S. The monoisotopic (exact) mass is 450 g/mol. The van der Waals surface area contributed by atoms with Gasteiger partial charge < -0.3 is 9.64 Å². The summed E-state index contributed by atoms with van der Waals surface area (Å²) < 4.78 is 33.0. The number of esters is 1. The number of benzene rings is 2. The minimum atomic E-state index is -3.85. The molecule has 0 aromatic heterocycles. The van der Waals surface area contributed by atoms with Crippen molar-refractivity contribution in [3.05, 3.63) is 58.6 Å². The highest BCUT2D eigenvalue weighted by Crippen LogP contribution is 2.26. The molecule has 3 rings (SSSR count). The second-order valence-corrected chi connectivity index (χ2v) is 9.88. The number of hydrogen-bond acceptors (Lipinski definition) is 5. The summed E-state index contributed by atoms with van der Waals surface area (Å²) in [5.41, 5.74) is 2.02. The number of carbonyl (C=O) groups is 1. The van der Waals surface area contributed by atoms with Crippen LogP contribution in [0.1, 0.15) is 48.7 Å². The van der Waals surface area contributed by atoms with E-state index in [1.165, 1.54) is 38.2 Å². The smallest absolute Gasteiger partial charge is 0.339 e. The molecule has 2 unspecified atom stereocenters. The molecule has 30 heavy (non-hydrogen) atoms. The Labute approximate surface area is 183 Å². The van der Waals surface area contributed by atoms with Crippen molar-refractivity contribution < 1.29 is 17.9 Å². The number of piperidine rings is 1. The fraction of sp³-hybridized carbons (Fsp3) is 0.409. The van der Waals surface area contributed by atoms with E-state index in [0.29, 0.717) is 5.92 Å². The quantitative estimate of drug-likeness (QED) is 0.660. The summed E-state index contributed by atoms with van der Waals surface area (Å²) in [6.45, 7) is 6.14. The van der Waals surface area contributed by atoms with E-state index in [1.807, 2.05) is 24.3 Å². The summed E-state index contributed by atoms with van der Waals surface area (Å²) in [4.78, 5) is 14.1. The van der Waals surface area contributed by atoms with Gasteiger partial charge in [0, 0.05) is 24.8 Å². The average Bonchev–Trinajstić information content (AvgIpc) is 2.73. The van der Waals surface area contributed by atoms with Gasteiger partial charge in [-0.25, -0.2) is 17.9 Å². The zero-order valence-corrected chi connectivity index (χ0v) is 19.0. The van der Waals surface area contributed by atoms with Crippen LogP contribution in [0.2, 0.25) is 5.02 Å². The number of anilines is 1. The van der Waals surface area contributed by atoms with E-state index >= 15 is 0 Å². The van der Waals surface area contributed by atoms with Gasteiger partial charge in [-0.1, -0.05) is 30.7 Å². The molecule has 0 spiro atoms. The molecule has 0 aliphatic carbocycles. The molecule has 8 heteroatoms. The first-order valence-corrected chi connectivity index (χ1v) is 11.8. The summed E-state index contributed by atoms with van der Waals surface area (Å²) in [7, 11) is -2.64. The van der Waals surface area contributed by atoms with Gasteiger partial charge in [-0.2, -0.15) is 0 Å². The average molecular weight is 451 g/mol. The Morgan fingerprint density at radius 2 is 1.93 bits per heavy atom. The van der Waals surface area contributed by atoms with E-state index in [0.717, 1.165) is 24.3 Å². The lowest BCUT2D eigenvalue weighted by Crippen LogP contribution is -2.34. The highest BCUT2D eigenvalue weighted by atomic mass is 35.5. The molecule has 2 aromatic carbocycles. The van der Waals surface area contributed by atoms with Gasteiger partial charge in [-0.15, -0.1) is 0 Å². The first-order valence-electron chi connectivity index (χ1n) is 9.96. The molecule has 0 radical (unpaired) electrons. The number of hydrogen-bond donors (Lipinski definition) is 1. The van der Waals surface area contributed by atoms with Crippen LogP contribution in [0.25, 0.3) is 0 Å². The molecule has 2 aromatic rings. The number of nitrogens with one attached hydrogen (secondary N) is 1. The Morgan fingerprint density at radius 1 is 1.23 bits per heavy atom. The number of nitrogens with zero attached hydrogens (tertiary/aromatic N) is 1. The first-order chi connectivity index (χ1) is 14.2. The van der Waals surface area contributed by atoms with Crippen LogP contribution < -0.4 is 9.62 Å². The second-order valence-electron chi connectivity index (χ2n) is 7.76. The lowest BCUT2D eigenvalue weighted by atomic mass is 9.99. The fourth-order valence-corrected chi connectivity index (χ4v) is 5.16. The third-order valence-electron chi connectivity index (χ3n) is 5.40. The van der Waals surface area contributed by atoms with Crippen LogP contribution in [0.5, 0.6) is 0 Å². The molecule has 6 nitrogen and oxygen atoms in total. The van der Waals surface area contributed by atoms with Gasteiger partial charge in [0.1, 0.15) is 0 Å². The normalized spacial score (nSPS) is 18.1. The molecule has 162 valence electrons. The summed E-state index contributed by atoms with van der Waals surface area (Å²) in [6, 6.07) is 11.5. The third kappa shape index (κ3) is 5.14. The Kier molecular flexibility index (Phi) is 7.06. The second kappa shape index (κ2) is 9.37. The molecule has 0 bridgehead atoms. The number of sulfonamides is 1. The van der Waals surface area contributed by atoms with Crippen molar-refractivity contribution in [1.29, 1.82) is 0 Å². The maximum absolute atomic E-state index is 12.8. The minimum absolute atomic E-state index is 0.00908. The lowest BCUT2D eigenvalue weighted by Gasteiger charge is -2.33. The van der Waals surface area contributed by atoms with E-state index < -0.39 is 22.0 Å². The summed E-state index contributed by atoms with van der Waals surface area (Å²) >= 11 is 5.99. The molecule has 1 N–H and O–H groups in total. The maximum Gasteiger partial charge on any atom is 0.339 e. The number of methoxy groups -OCH3 is 1. The molecule has 1 aliphatic rings. The van der Waals surface area contributed by atoms with Crippen LogP contribution in [-0.2, 0) is 14.8 Å². The van der Waals surface area contributed by atoms with Crippen molar-refractivity contribution in [3.8, 4) is 0 Å². The van der Waals surface area contributed by atoms with Gasteiger partial charge in [0.05, 0.1) is 22.6 Å². The van der Waals surface area contributed by atoms with Crippen molar-refractivity contribution in [2.24, 2.45) is 5.92 Å². The third-order valence-corrected chi connectivity index (χ3v) is 7.27. The van der Waals surface area contributed by atoms with Gasteiger partial charge >= 0.3 is 5.97 Å². The van der Waals surface area contributed by atoms with E-state index in [9.17, 15) is 13.2 Å². The number of ether oxygens (including phenoxy) is 1. The van der Waals surface area contributed by atoms with Crippen LogP contribution in [0, 0.1) is 5.92 Å². The van der Waals surface area contributed by atoms with E-state index in [-0.39, 0.29) is 15.5 Å². The summed E-state index contributed by atoms with van der Waals surface area (Å²) in [5.74, 6) is -0.00821. The Hall–Kier alpha value is -2.09. The van der Waals surface area contributed by atoms with Gasteiger partial charge in [-0.3, -0.25) is 0 Å². The first kappa shape index (κ1) is 22.6. The largest absolute Gasteiger partial charge is 0.465 e. The molecule has 1 saturated heterocycles. The van der Waals surface area contributed by atoms with Crippen LogP contribution in [-0.4, -0.2) is 34.6 Å². The van der Waals surface area contributed by atoms with Crippen molar-refractivity contribution >= 4 is 33.3 Å². The lowest BCUT2D eigenvalue weighted by molar-refractivity contribution is 0.0600. The molecule has 0 saturated carbocycles. The van der Waals surface area contributed by atoms with Crippen molar-refractivity contribution in [2.45, 2.75) is 37.6 Å². The van der Waals surface area contributed by atoms with Crippen LogP contribution in [0.4, 0.5) is 5.69 Å². The SMILES string of the molecule is COC(=O)c1cc(S(=O)(=O)NC(C)c2ccc(N3CCCC(C)C3)cc2)ccc1Cl. The highest BCUT2D eigenvalue weighted by Gasteiger charge is 2.22. The maximum atomic E-state index is 12.8. The topological polar surface area (TPSA) is 75.7 Å². The Balaban J connectivity index is 1.75. The summed E-state index contributed by atoms with van der Waals surface area (Å²) in [6.07, 6.45) is 2.45. The van der Waals surface area contributed by atoms with Gasteiger partial charge in [0.15, 0.2) is 0 Å². The number of rotatable bonds is 6. The fourth-order valence-electron chi connectivity index (χ4n) is 3.70. The highest BCUT2D eigenvalue weighted by molar-refractivity contribution is 7.89. The van der Waals surface area contributed by atoms with Crippen LogP contribution >= 0.6 is 11.6 Å². The Bertz CT molecular complexity index is 1010. The molecular weight excluding hydrogens is 424 g/mol. The van der Waals surface area contributed by atoms with E-state index in [2.05, 4.69) is 21.3 Å². The predicted octanol–water partition coefficient (Wildman–Crippen LogP) is 4.40. The van der Waals surface area contributed by atoms with E-state index in [4.69, 9.17) is 11.6 Å². The zero-order chi connectivity index (χ0) is 21.9. The van der Waals surface area contributed by atoms with Crippen LogP contribution in [0.3, 0.4) is 0 Å². The molecule has 1 aliphatic heterocycles. The van der Waals surface area contributed by atoms with Gasteiger partial charge in [-0.05, 0) is 61.6 Å². The Morgan fingerprint density at radius 3 is 2.57 bits per heavy atom. The molecule has 2 atom stereocenters. The predicted molar refractivity (Wildman–Crippen MR) is 119 cm³/mol. The van der Waals surface area contributed by atoms with Gasteiger partial charge in [0.25, 0.3) is 0 Å². The summed E-state index contributed by atoms with van der Waals surface area (Å²) in [5, 5.41) is 0.136. The number of carbonyl (C=O) groups excluding carboxylic acids is 1. The van der Waals surface area contributed by atoms with Crippen molar-refractivity contribution in [1.82, 2.24) is 4.72 Å². The van der Waals surface area contributed by atoms with Crippen molar-refractivity contribution in [2.75, 3.05) is 25.1 Å². The van der Waals surface area contributed by atoms with Crippen molar-refractivity contribution in [3.63, 3.8) is 0 Å². The van der Waals surface area contributed by atoms with Gasteiger partial charge in [0.2, 0.25) is 10.0 Å². The molecule has 1 fully saturated rings. The standard InChI is InChI=1S/C22H27ClN2O4S/c1-15-5-4-12-25(14-15)18-8-6-17(7-9-18)16(2)24-30(27,28)19-10-11-21(23)20(13-19)22(26)29-3/h6-11,13,15-16,24H,4-5,12,14H2,1-3H3. The molecule has 1 heterocycles. The minimum Gasteiger partial charge on any atom is -0.465 e. The van der Waals surface area contributed by atoms with Crippen LogP contribution in [0.15, 0.2) is 47.4 Å².